The number of benzene rings is 1. The number of aromatic amines is 1. The maximum atomic E-state index is 10.3. The lowest BCUT2D eigenvalue weighted by Crippen LogP contribution is -2.49. The minimum Gasteiger partial charge on any atom is -0.394 e. The number of H-pyrrole nitrogens is 1. The fraction of sp³-hybridized carbons (Fsp3) is 0.400. The van der Waals surface area contributed by atoms with Crippen molar-refractivity contribution in [3.05, 3.63) is 42.2 Å². The van der Waals surface area contributed by atoms with Gasteiger partial charge in [-0.3, -0.25) is 0 Å². The summed E-state index contributed by atoms with van der Waals surface area (Å²) in [6.07, 6.45) is -6.24. The van der Waals surface area contributed by atoms with Gasteiger partial charge >= 0.3 is 0 Å². The number of aromatic nitrogens is 3. The molecule has 2 heterocycles. The highest BCUT2D eigenvalue weighted by atomic mass is 16.4. The Bertz CT molecular complexity index is 949. The van der Waals surface area contributed by atoms with Crippen LogP contribution in [0.5, 0.6) is 0 Å². The van der Waals surface area contributed by atoms with Crippen LogP contribution >= 0.6 is 0 Å². The molecule has 4 atom stereocenters. The molecule has 2 aromatic heterocycles. The molecule has 0 spiro atoms. The highest BCUT2D eigenvalue weighted by Crippen LogP contribution is 2.28. The Balaban J connectivity index is 1.87. The monoisotopic (exact) mass is 402 g/mol. The summed E-state index contributed by atoms with van der Waals surface area (Å²) in [5.74, 6) is 1.07. The summed E-state index contributed by atoms with van der Waals surface area (Å²) in [5, 5.41) is 48.6. The summed E-state index contributed by atoms with van der Waals surface area (Å²) < 4.78 is 0. The van der Waals surface area contributed by atoms with Crippen molar-refractivity contribution in [3.63, 3.8) is 0 Å². The first-order valence-electron chi connectivity index (χ1n) is 9.29. The first-order chi connectivity index (χ1) is 13.8. The van der Waals surface area contributed by atoms with Crippen LogP contribution in [0.25, 0.3) is 22.3 Å². The van der Waals surface area contributed by atoms with Gasteiger partial charge in [-0.2, -0.15) is 0 Å². The van der Waals surface area contributed by atoms with Crippen molar-refractivity contribution in [1.82, 2.24) is 15.0 Å². The summed E-state index contributed by atoms with van der Waals surface area (Å²) in [4.78, 5) is 13.9. The van der Waals surface area contributed by atoms with E-state index in [1.54, 1.807) is 18.9 Å². The number of nitrogens with one attached hydrogen (secondary N) is 1. The Labute approximate surface area is 167 Å². The van der Waals surface area contributed by atoms with E-state index in [9.17, 15) is 20.4 Å². The highest BCUT2D eigenvalue weighted by Gasteiger charge is 2.31. The zero-order valence-corrected chi connectivity index (χ0v) is 16.3. The van der Waals surface area contributed by atoms with Crippen LogP contribution in [-0.4, -0.2) is 85.1 Å². The molecule has 0 fully saturated rings. The number of rotatable bonds is 8. The van der Waals surface area contributed by atoms with Crippen LogP contribution in [0.15, 0.2) is 36.4 Å². The number of aryl methyl sites for hydroxylation is 1. The molecule has 0 radical (unpaired) electrons. The molecule has 4 unspecified atom stereocenters. The summed E-state index contributed by atoms with van der Waals surface area (Å²) >= 11 is 0. The van der Waals surface area contributed by atoms with Gasteiger partial charge in [-0.1, -0.05) is 30.3 Å². The standard InChI is InChI=1S/C20H26N4O5/c1-11-21-14-8-13(12-6-4-3-5-7-12)23-17(14)20(22-11)24(2)9-15(26)18(28)19(29)16(27)10-25/h3-8,15-16,18-19,23,25-29H,9-10H2,1-2H3. The van der Waals surface area contributed by atoms with E-state index in [-0.39, 0.29) is 6.54 Å². The number of hydrogen-bond acceptors (Lipinski definition) is 8. The second kappa shape index (κ2) is 8.85. The molecule has 0 bridgehead atoms. The molecule has 0 aliphatic heterocycles. The zero-order chi connectivity index (χ0) is 21.1. The Morgan fingerprint density at radius 2 is 1.66 bits per heavy atom. The van der Waals surface area contributed by atoms with E-state index < -0.39 is 31.0 Å². The summed E-state index contributed by atoms with van der Waals surface area (Å²) in [6.45, 7) is 0.970. The number of aliphatic hydroxyl groups is 5. The molecular weight excluding hydrogens is 376 g/mol. The molecule has 0 saturated heterocycles. The normalized spacial score (nSPS) is 15.8. The third-order valence-electron chi connectivity index (χ3n) is 4.80. The van der Waals surface area contributed by atoms with Gasteiger partial charge in [0.2, 0.25) is 0 Å². The molecule has 0 aliphatic carbocycles. The molecule has 0 amide bonds. The number of hydrogen-bond donors (Lipinski definition) is 6. The summed E-state index contributed by atoms with van der Waals surface area (Å²) in [6, 6.07) is 11.7. The van der Waals surface area contributed by atoms with Crippen molar-refractivity contribution in [2.75, 3.05) is 25.1 Å². The van der Waals surface area contributed by atoms with Gasteiger partial charge in [0.1, 0.15) is 29.7 Å². The maximum absolute atomic E-state index is 10.3. The van der Waals surface area contributed by atoms with Crippen LogP contribution < -0.4 is 4.90 Å². The van der Waals surface area contributed by atoms with Crippen LogP contribution in [0.4, 0.5) is 5.82 Å². The van der Waals surface area contributed by atoms with Crippen molar-refractivity contribution < 1.29 is 25.5 Å². The number of fused-ring (bicyclic) bond motifs is 1. The predicted octanol–water partition coefficient (Wildman–Crippen LogP) is -0.195. The Kier molecular flexibility index (Phi) is 6.46. The van der Waals surface area contributed by atoms with Crippen molar-refractivity contribution >= 4 is 16.9 Å². The molecule has 3 rings (SSSR count). The van der Waals surface area contributed by atoms with Crippen LogP contribution in [0.3, 0.4) is 0 Å². The van der Waals surface area contributed by atoms with Gasteiger partial charge in [0.15, 0.2) is 5.82 Å². The fourth-order valence-electron chi connectivity index (χ4n) is 3.20. The number of nitrogens with zero attached hydrogens (tertiary/aromatic N) is 3. The molecule has 0 aliphatic rings. The first kappa shape index (κ1) is 21.2. The average molecular weight is 402 g/mol. The fourth-order valence-corrected chi connectivity index (χ4v) is 3.20. The molecule has 9 nitrogen and oxygen atoms in total. The highest BCUT2D eigenvalue weighted by molar-refractivity contribution is 5.90. The minimum atomic E-state index is -1.68. The first-order valence-corrected chi connectivity index (χ1v) is 9.29. The van der Waals surface area contributed by atoms with E-state index in [0.717, 1.165) is 11.3 Å². The van der Waals surface area contributed by atoms with Crippen LogP contribution in [0.2, 0.25) is 0 Å². The van der Waals surface area contributed by atoms with Crippen LogP contribution in [-0.2, 0) is 0 Å². The summed E-state index contributed by atoms with van der Waals surface area (Å²) in [5.41, 5.74) is 3.25. The smallest absolute Gasteiger partial charge is 0.156 e. The number of likely N-dealkylation sites (N-methyl/N-ethyl adjacent to an activating group) is 1. The van der Waals surface area contributed by atoms with Gasteiger partial charge in [0.05, 0.1) is 18.2 Å². The quantitative estimate of drug-likeness (QED) is 0.304. The number of aliphatic hydroxyl groups excluding tert-OH is 5. The van der Waals surface area contributed by atoms with E-state index in [2.05, 4.69) is 15.0 Å². The lowest BCUT2D eigenvalue weighted by atomic mass is 10.0. The Hall–Kier alpha value is -2.56. The van der Waals surface area contributed by atoms with Gasteiger partial charge in [0.25, 0.3) is 0 Å². The van der Waals surface area contributed by atoms with Crippen LogP contribution in [0, 0.1) is 6.92 Å². The van der Waals surface area contributed by atoms with Crippen molar-refractivity contribution in [3.8, 4) is 11.3 Å². The third-order valence-corrected chi connectivity index (χ3v) is 4.80. The molecule has 6 N–H and O–H groups in total. The van der Waals surface area contributed by atoms with Gasteiger partial charge in [-0.15, -0.1) is 0 Å². The Morgan fingerprint density at radius 1 is 1.00 bits per heavy atom. The second-order valence-corrected chi connectivity index (χ2v) is 7.08. The van der Waals surface area contributed by atoms with Crippen molar-refractivity contribution in [1.29, 1.82) is 0 Å². The second-order valence-electron chi connectivity index (χ2n) is 7.08. The molecule has 0 saturated carbocycles. The topological polar surface area (TPSA) is 146 Å². The molecular formula is C20H26N4O5. The van der Waals surface area contributed by atoms with Crippen molar-refractivity contribution in [2.45, 2.75) is 31.3 Å². The van der Waals surface area contributed by atoms with E-state index in [4.69, 9.17) is 5.11 Å². The largest absolute Gasteiger partial charge is 0.394 e. The Morgan fingerprint density at radius 3 is 2.31 bits per heavy atom. The molecule has 1 aromatic carbocycles. The average Bonchev–Trinajstić information content (AvgIpc) is 3.15. The van der Waals surface area contributed by atoms with E-state index in [1.807, 2.05) is 36.4 Å². The lowest BCUT2D eigenvalue weighted by Gasteiger charge is -2.29. The van der Waals surface area contributed by atoms with Crippen molar-refractivity contribution in [2.24, 2.45) is 0 Å². The van der Waals surface area contributed by atoms with Gasteiger partial charge < -0.3 is 35.4 Å². The van der Waals surface area contributed by atoms with Gasteiger partial charge in [-0.05, 0) is 18.6 Å². The predicted molar refractivity (Wildman–Crippen MR) is 108 cm³/mol. The SMILES string of the molecule is Cc1nc(N(C)CC(O)C(O)C(O)C(O)CO)c2[nH]c(-c3ccccc3)cc2n1. The van der Waals surface area contributed by atoms with E-state index in [0.29, 0.717) is 22.7 Å². The molecule has 29 heavy (non-hydrogen) atoms. The number of anilines is 1. The lowest BCUT2D eigenvalue weighted by molar-refractivity contribution is -0.112. The van der Waals surface area contributed by atoms with Crippen LogP contribution in [0.1, 0.15) is 5.82 Å². The molecule has 9 heteroatoms. The minimum absolute atomic E-state index is 0.0678. The summed E-state index contributed by atoms with van der Waals surface area (Å²) in [7, 11) is 1.69. The van der Waals surface area contributed by atoms with E-state index in [1.165, 1.54) is 0 Å². The van der Waals surface area contributed by atoms with E-state index >= 15 is 0 Å². The molecule has 156 valence electrons. The third kappa shape index (κ3) is 4.55. The maximum Gasteiger partial charge on any atom is 0.156 e. The van der Waals surface area contributed by atoms with Gasteiger partial charge in [-0.25, -0.2) is 9.97 Å². The molecule has 3 aromatic rings. The zero-order valence-electron chi connectivity index (χ0n) is 16.3. The van der Waals surface area contributed by atoms with Gasteiger partial charge in [0, 0.05) is 19.3 Å².